The van der Waals surface area contributed by atoms with Gasteiger partial charge >= 0.3 is 0 Å². The van der Waals surface area contributed by atoms with Gasteiger partial charge in [-0.2, -0.15) is 5.10 Å². The zero-order valence-electron chi connectivity index (χ0n) is 15.1. The zero-order valence-corrected chi connectivity index (χ0v) is 15.1. The summed E-state index contributed by atoms with van der Waals surface area (Å²) in [5.41, 5.74) is 3.62. The third-order valence-corrected chi connectivity index (χ3v) is 4.94. The molecular weight excluding hydrogens is 326 g/mol. The van der Waals surface area contributed by atoms with E-state index in [9.17, 15) is 0 Å². The van der Waals surface area contributed by atoms with E-state index in [4.69, 9.17) is 4.74 Å². The number of rotatable bonds is 6. The van der Waals surface area contributed by atoms with Crippen molar-refractivity contribution in [3.63, 3.8) is 0 Å². The van der Waals surface area contributed by atoms with Crippen molar-refractivity contribution in [2.24, 2.45) is 7.05 Å². The molecule has 6 heteroatoms. The van der Waals surface area contributed by atoms with Crippen LogP contribution >= 0.6 is 0 Å². The first-order valence-electron chi connectivity index (χ1n) is 9.14. The van der Waals surface area contributed by atoms with Crippen LogP contribution in [0.15, 0.2) is 55.2 Å². The largest absolute Gasteiger partial charge is 0.372 e. The Balaban J connectivity index is 1.31. The lowest BCUT2D eigenvalue weighted by molar-refractivity contribution is -0.00404. The van der Waals surface area contributed by atoms with Gasteiger partial charge in [0.1, 0.15) is 6.10 Å². The van der Waals surface area contributed by atoms with Crippen LogP contribution in [0.1, 0.15) is 35.8 Å². The second kappa shape index (κ2) is 7.85. The molecule has 0 amide bonds. The van der Waals surface area contributed by atoms with E-state index in [-0.39, 0.29) is 6.10 Å². The summed E-state index contributed by atoms with van der Waals surface area (Å²) in [6.45, 7) is 2.42. The lowest BCUT2D eigenvalue weighted by Crippen LogP contribution is -2.36. The van der Waals surface area contributed by atoms with Gasteiger partial charge in [0.05, 0.1) is 31.0 Å². The Bertz CT molecular complexity index is 826. The maximum Gasteiger partial charge on any atom is 0.100 e. The Morgan fingerprint density at radius 2 is 2.08 bits per heavy atom. The SMILES string of the molecule is Cn1cncc1[C@H]1C[C@H](NCc2cnn(Cc3ccccc3)c2)CCO1. The fraction of sp³-hybridized carbons (Fsp3) is 0.400. The van der Waals surface area contributed by atoms with E-state index in [0.29, 0.717) is 6.04 Å². The molecule has 0 saturated carbocycles. The lowest BCUT2D eigenvalue weighted by atomic mass is 10.0. The highest BCUT2D eigenvalue weighted by Crippen LogP contribution is 2.27. The Hall–Kier alpha value is -2.44. The van der Waals surface area contributed by atoms with Gasteiger partial charge in [0.25, 0.3) is 0 Å². The second-order valence-electron chi connectivity index (χ2n) is 6.92. The molecule has 1 N–H and O–H groups in total. The van der Waals surface area contributed by atoms with Crippen molar-refractivity contribution in [3.8, 4) is 0 Å². The molecule has 0 unspecified atom stereocenters. The fourth-order valence-electron chi connectivity index (χ4n) is 3.48. The van der Waals surface area contributed by atoms with E-state index in [1.807, 2.05) is 41.1 Å². The highest BCUT2D eigenvalue weighted by Gasteiger charge is 2.25. The average molecular weight is 351 g/mol. The predicted molar refractivity (Wildman–Crippen MR) is 99.5 cm³/mol. The van der Waals surface area contributed by atoms with E-state index in [2.05, 4.69) is 45.9 Å². The summed E-state index contributed by atoms with van der Waals surface area (Å²) in [4.78, 5) is 4.20. The van der Waals surface area contributed by atoms with Gasteiger partial charge in [-0.05, 0) is 18.4 Å². The van der Waals surface area contributed by atoms with Gasteiger partial charge in [0.2, 0.25) is 0 Å². The van der Waals surface area contributed by atoms with Crippen LogP contribution in [0.3, 0.4) is 0 Å². The molecule has 0 bridgehead atoms. The van der Waals surface area contributed by atoms with Crippen LogP contribution in [0.5, 0.6) is 0 Å². The molecule has 1 aromatic carbocycles. The molecule has 0 radical (unpaired) electrons. The topological polar surface area (TPSA) is 56.9 Å². The number of imidazole rings is 1. The van der Waals surface area contributed by atoms with Crippen LogP contribution in [0.25, 0.3) is 0 Å². The van der Waals surface area contributed by atoms with Crippen LogP contribution in [0.4, 0.5) is 0 Å². The number of nitrogens with zero attached hydrogens (tertiary/aromatic N) is 4. The molecule has 2 aromatic heterocycles. The van der Waals surface area contributed by atoms with Gasteiger partial charge in [-0.3, -0.25) is 4.68 Å². The van der Waals surface area contributed by atoms with Gasteiger partial charge in [-0.25, -0.2) is 4.98 Å². The summed E-state index contributed by atoms with van der Waals surface area (Å²) in [5.74, 6) is 0. The molecule has 4 rings (SSSR count). The standard InChI is InChI=1S/C20H25N5O/c1-24-15-21-12-19(24)20-9-18(7-8-26-20)22-10-17-11-23-25(14-17)13-16-5-3-2-4-6-16/h2-6,11-12,14-15,18,20,22H,7-10,13H2,1H3/t18-,20-/m1/s1. The molecule has 1 saturated heterocycles. The molecule has 1 fully saturated rings. The van der Waals surface area contributed by atoms with Crippen LogP contribution in [-0.2, 0) is 24.9 Å². The summed E-state index contributed by atoms with van der Waals surface area (Å²) < 4.78 is 9.98. The average Bonchev–Trinajstić information content (AvgIpc) is 3.30. The van der Waals surface area contributed by atoms with Crippen LogP contribution < -0.4 is 5.32 Å². The normalized spacial score (nSPS) is 20.3. The Labute approximate surface area is 153 Å². The first-order valence-corrected chi connectivity index (χ1v) is 9.14. The molecule has 1 aliphatic heterocycles. The molecule has 3 heterocycles. The van der Waals surface area contributed by atoms with Gasteiger partial charge in [0.15, 0.2) is 0 Å². The number of hydrogen-bond acceptors (Lipinski definition) is 4. The van der Waals surface area contributed by atoms with Crippen LogP contribution in [0, 0.1) is 0 Å². The van der Waals surface area contributed by atoms with Gasteiger partial charge in [-0.15, -0.1) is 0 Å². The van der Waals surface area contributed by atoms with Crippen molar-refractivity contribution in [2.75, 3.05) is 6.61 Å². The molecule has 0 spiro atoms. The Morgan fingerprint density at radius 3 is 2.88 bits per heavy atom. The summed E-state index contributed by atoms with van der Waals surface area (Å²) in [7, 11) is 2.02. The molecule has 1 aliphatic rings. The van der Waals surface area contributed by atoms with E-state index < -0.39 is 0 Å². The minimum Gasteiger partial charge on any atom is -0.372 e. The summed E-state index contributed by atoms with van der Waals surface area (Å²) in [6.07, 6.45) is 9.93. The smallest absolute Gasteiger partial charge is 0.100 e. The number of aryl methyl sites for hydroxylation is 1. The minimum atomic E-state index is 0.120. The number of aromatic nitrogens is 4. The maximum atomic E-state index is 5.94. The highest BCUT2D eigenvalue weighted by molar-refractivity contribution is 5.15. The summed E-state index contributed by atoms with van der Waals surface area (Å²) in [6, 6.07) is 10.9. The number of nitrogens with one attached hydrogen (secondary N) is 1. The van der Waals surface area contributed by atoms with Crippen molar-refractivity contribution in [1.29, 1.82) is 0 Å². The monoisotopic (exact) mass is 351 g/mol. The lowest BCUT2D eigenvalue weighted by Gasteiger charge is -2.30. The van der Waals surface area contributed by atoms with Crippen molar-refractivity contribution in [3.05, 3.63) is 72.1 Å². The number of ether oxygens (including phenoxy) is 1. The first-order chi connectivity index (χ1) is 12.8. The molecule has 0 aliphatic carbocycles. The van der Waals surface area contributed by atoms with Crippen molar-refractivity contribution >= 4 is 0 Å². The summed E-state index contributed by atoms with van der Waals surface area (Å²) in [5, 5.41) is 8.15. The Morgan fingerprint density at radius 1 is 1.19 bits per heavy atom. The molecular formula is C20H25N5O. The quantitative estimate of drug-likeness (QED) is 0.742. The van der Waals surface area contributed by atoms with Crippen molar-refractivity contribution in [1.82, 2.24) is 24.6 Å². The third-order valence-electron chi connectivity index (χ3n) is 4.94. The van der Waals surface area contributed by atoms with Gasteiger partial charge in [-0.1, -0.05) is 30.3 Å². The van der Waals surface area contributed by atoms with E-state index in [1.54, 1.807) is 0 Å². The molecule has 136 valence electrons. The fourth-order valence-corrected chi connectivity index (χ4v) is 3.48. The van der Waals surface area contributed by atoms with Crippen LogP contribution in [0.2, 0.25) is 0 Å². The number of benzene rings is 1. The predicted octanol–water partition coefficient (Wildman–Crippen LogP) is 2.67. The Kier molecular flexibility index (Phi) is 5.13. The second-order valence-corrected chi connectivity index (χ2v) is 6.92. The van der Waals surface area contributed by atoms with E-state index >= 15 is 0 Å². The maximum absolute atomic E-state index is 5.94. The highest BCUT2D eigenvalue weighted by atomic mass is 16.5. The first kappa shape index (κ1) is 17.0. The summed E-state index contributed by atoms with van der Waals surface area (Å²) >= 11 is 0. The van der Waals surface area contributed by atoms with Gasteiger partial charge in [0, 0.05) is 38.0 Å². The number of hydrogen-bond donors (Lipinski definition) is 1. The molecule has 2 atom stereocenters. The third kappa shape index (κ3) is 4.03. The molecule has 26 heavy (non-hydrogen) atoms. The van der Waals surface area contributed by atoms with E-state index in [0.717, 1.165) is 38.2 Å². The van der Waals surface area contributed by atoms with Crippen LogP contribution in [-0.4, -0.2) is 32.0 Å². The molecule has 3 aromatic rings. The minimum absolute atomic E-state index is 0.120. The van der Waals surface area contributed by atoms with E-state index in [1.165, 1.54) is 11.1 Å². The molecule has 6 nitrogen and oxygen atoms in total. The zero-order chi connectivity index (χ0) is 17.8. The van der Waals surface area contributed by atoms with Crippen molar-refractivity contribution in [2.45, 2.75) is 38.1 Å². The van der Waals surface area contributed by atoms with Gasteiger partial charge < -0.3 is 14.6 Å². The van der Waals surface area contributed by atoms with Crippen molar-refractivity contribution < 1.29 is 4.74 Å².